The molecule has 1 heterocycles. The van der Waals surface area contributed by atoms with Gasteiger partial charge in [-0.1, -0.05) is 52.0 Å². The van der Waals surface area contributed by atoms with Crippen molar-refractivity contribution in [3.63, 3.8) is 0 Å². The average molecular weight is 344 g/mol. The molecule has 0 bridgehead atoms. The number of hydrogen-bond acceptors (Lipinski definition) is 2. The fraction of sp³-hybridized carbons (Fsp3) is 0.619. The average Bonchev–Trinajstić information content (AvgIpc) is 2.84. The smallest absolute Gasteiger partial charge is 0.222 e. The normalized spacial score (nSPS) is 15.8. The predicted molar refractivity (Wildman–Crippen MR) is 102 cm³/mol. The van der Waals surface area contributed by atoms with Gasteiger partial charge in [-0.2, -0.15) is 0 Å². The maximum Gasteiger partial charge on any atom is 0.222 e. The van der Waals surface area contributed by atoms with E-state index in [-0.39, 0.29) is 17.2 Å². The van der Waals surface area contributed by atoms with Gasteiger partial charge in [0.25, 0.3) is 0 Å². The second kappa shape index (κ2) is 8.50. The largest absolute Gasteiger partial charge is 0.341 e. The number of carbonyl (C=O) groups is 2. The Morgan fingerprint density at radius 2 is 1.48 bits per heavy atom. The van der Waals surface area contributed by atoms with Gasteiger partial charge < -0.3 is 9.80 Å². The van der Waals surface area contributed by atoms with Crippen LogP contribution in [0.25, 0.3) is 0 Å². The van der Waals surface area contributed by atoms with Crippen LogP contribution in [0.4, 0.5) is 0 Å². The quantitative estimate of drug-likeness (QED) is 0.840. The summed E-state index contributed by atoms with van der Waals surface area (Å²) in [5, 5.41) is 0. The highest BCUT2D eigenvalue weighted by Gasteiger charge is 2.21. The van der Waals surface area contributed by atoms with Gasteiger partial charge >= 0.3 is 0 Å². The van der Waals surface area contributed by atoms with Crippen molar-refractivity contribution in [2.75, 3.05) is 26.2 Å². The number of carbonyl (C=O) groups excluding carboxylic acids is 2. The molecule has 138 valence electrons. The number of amides is 2. The molecule has 0 spiro atoms. The molecule has 1 aliphatic rings. The molecule has 1 fully saturated rings. The van der Waals surface area contributed by atoms with Gasteiger partial charge in [0.2, 0.25) is 11.8 Å². The van der Waals surface area contributed by atoms with Crippen LogP contribution in [-0.4, -0.2) is 47.8 Å². The Morgan fingerprint density at radius 1 is 0.920 bits per heavy atom. The van der Waals surface area contributed by atoms with E-state index in [4.69, 9.17) is 0 Å². The molecular weight excluding hydrogens is 312 g/mol. The lowest BCUT2D eigenvalue weighted by Crippen LogP contribution is -2.37. The summed E-state index contributed by atoms with van der Waals surface area (Å²) < 4.78 is 0. The van der Waals surface area contributed by atoms with Crippen LogP contribution in [0.3, 0.4) is 0 Å². The number of aryl methyl sites for hydroxylation is 1. The van der Waals surface area contributed by atoms with Crippen LogP contribution in [0.5, 0.6) is 0 Å². The van der Waals surface area contributed by atoms with Crippen molar-refractivity contribution in [3.05, 3.63) is 35.4 Å². The third-order valence-corrected chi connectivity index (χ3v) is 4.95. The van der Waals surface area contributed by atoms with Crippen molar-refractivity contribution in [1.82, 2.24) is 9.80 Å². The summed E-state index contributed by atoms with van der Waals surface area (Å²) in [5.41, 5.74) is 2.68. The topological polar surface area (TPSA) is 40.6 Å². The van der Waals surface area contributed by atoms with E-state index in [1.165, 1.54) is 11.1 Å². The third kappa shape index (κ3) is 5.58. The van der Waals surface area contributed by atoms with Gasteiger partial charge in [-0.3, -0.25) is 9.59 Å². The molecular formula is C21H32N2O2. The third-order valence-electron chi connectivity index (χ3n) is 4.95. The Hall–Kier alpha value is -1.84. The van der Waals surface area contributed by atoms with Crippen LogP contribution in [-0.2, 0) is 21.4 Å². The maximum absolute atomic E-state index is 12.5. The second-order valence-electron chi connectivity index (χ2n) is 7.92. The zero-order valence-electron chi connectivity index (χ0n) is 16.2. The molecule has 1 saturated heterocycles. The van der Waals surface area contributed by atoms with E-state index in [0.717, 1.165) is 25.9 Å². The Bertz CT molecular complexity index is 587. The fourth-order valence-corrected chi connectivity index (χ4v) is 3.22. The SMILES string of the molecule is CCC(=O)N1CCCN(C(=O)CCc2ccc(C(C)(C)C)cc2)CC1. The molecule has 0 unspecified atom stereocenters. The maximum atomic E-state index is 12.5. The zero-order valence-corrected chi connectivity index (χ0v) is 16.2. The van der Waals surface area contributed by atoms with Crippen LogP contribution in [0, 0.1) is 0 Å². The summed E-state index contributed by atoms with van der Waals surface area (Å²) in [4.78, 5) is 28.2. The lowest BCUT2D eigenvalue weighted by molar-refractivity contribution is -0.133. The number of nitrogens with zero attached hydrogens (tertiary/aromatic N) is 2. The molecule has 1 aliphatic heterocycles. The standard InChI is InChI=1S/C21H32N2O2/c1-5-19(24)22-13-6-14-23(16-15-22)20(25)12-9-17-7-10-18(11-8-17)21(2,3)4/h7-8,10-11H,5-6,9,12-16H2,1-4H3. The molecule has 0 aromatic heterocycles. The summed E-state index contributed by atoms with van der Waals surface area (Å²) in [6.07, 6.45) is 2.73. The summed E-state index contributed by atoms with van der Waals surface area (Å²) in [6, 6.07) is 8.61. The van der Waals surface area contributed by atoms with Gasteiger partial charge in [0.05, 0.1) is 0 Å². The van der Waals surface area contributed by atoms with Gasteiger partial charge in [0.15, 0.2) is 0 Å². The molecule has 2 rings (SSSR count). The molecule has 0 N–H and O–H groups in total. The minimum Gasteiger partial charge on any atom is -0.341 e. The summed E-state index contributed by atoms with van der Waals surface area (Å²) in [7, 11) is 0. The van der Waals surface area contributed by atoms with Crippen LogP contribution in [0.15, 0.2) is 24.3 Å². The van der Waals surface area contributed by atoms with Crippen LogP contribution in [0.1, 0.15) is 58.1 Å². The second-order valence-corrected chi connectivity index (χ2v) is 7.92. The van der Waals surface area contributed by atoms with E-state index in [9.17, 15) is 9.59 Å². The van der Waals surface area contributed by atoms with E-state index in [0.29, 0.717) is 25.9 Å². The van der Waals surface area contributed by atoms with Crippen molar-refractivity contribution in [1.29, 1.82) is 0 Å². The summed E-state index contributed by atoms with van der Waals surface area (Å²) in [5.74, 6) is 0.388. The molecule has 4 heteroatoms. The van der Waals surface area contributed by atoms with Crippen molar-refractivity contribution >= 4 is 11.8 Å². The molecule has 0 radical (unpaired) electrons. The van der Waals surface area contributed by atoms with Gasteiger partial charge in [-0.25, -0.2) is 0 Å². The Balaban J connectivity index is 1.85. The first-order valence-electron chi connectivity index (χ1n) is 9.46. The Morgan fingerprint density at radius 3 is 2.00 bits per heavy atom. The first kappa shape index (κ1) is 19.5. The van der Waals surface area contributed by atoms with E-state index in [1.54, 1.807) is 0 Å². The number of benzene rings is 1. The van der Waals surface area contributed by atoms with Gasteiger partial charge in [-0.15, -0.1) is 0 Å². The van der Waals surface area contributed by atoms with Crippen molar-refractivity contribution in [2.24, 2.45) is 0 Å². The molecule has 1 aromatic carbocycles. The first-order chi connectivity index (χ1) is 11.8. The van der Waals surface area contributed by atoms with Gasteiger partial charge in [0.1, 0.15) is 0 Å². The molecule has 2 amide bonds. The van der Waals surface area contributed by atoms with Crippen LogP contribution >= 0.6 is 0 Å². The van der Waals surface area contributed by atoms with E-state index >= 15 is 0 Å². The van der Waals surface area contributed by atoms with Crippen molar-refractivity contribution < 1.29 is 9.59 Å². The van der Waals surface area contributed by atoms with Crippen LogP contribution in [0.2, 0.25) is 0 Å². The van der Waals surface area contributed by atoms with E-state index in [1.807, 2.05) is 16.7 Å². The number of rotatable bonds is 4. The Labute approximate surface area is 152 Å². The zero-order chi connectivity index (χ0) is 18.4. The predicted octanol–water partition coefficient (Wildman–Crippen LogP) is 3.39. The highest BCUT2D eigenvalue weighted by Crippen LogP contribution is 2.22. The molecule has 0 aliphatic carbocycles. The molecule has 0 atom stereocenters. The lowest BCUT2D eigenvalue weighted by Gasteiger charge is -2.22. The first-order valence-corrected chi connectivity index (χ1v) is 9.46. The van der Waals surface area contributed by atoms with Gasteiger partial charge in [-0.05, 0) is 29.4 Å². The van der Waals surface area contributed by atoms with Crippen molar-refractivity contribution in [2.45, 2.75) is 58.8 Å². The van der Waals surface area contributed by atoms with Crippen LogP contribution < -0.4 is 0 Å². The highest BCUT2D eigenvalue weighted by molar-refractivity contribution is 5.77. The fourth-order valence-electron chi connectivity index (χ4n) is 3.22. The monoisotopic (exact) mass is 344 g/mol. The minimum atomic E-state index is 0.155. The number of hydrogen-bond donors (Lipinski definition) is 0. The summed E-state index contributed by atoms with van der Waals surface area (Å²) >= 11 is 0. The summed E-state index contributed by atoms with van der Waals surface area (Å²) in [6.45, 7) is 11.4. The lowest BCUT2D eigenvalue weighted by atomic mass is 9.86. The molecule has 1 aromatic rings. The van der Waals surface area contributed by atoms with E-state index < -0.39 is 0 Å². The molecule has 0 saturated carbocycles. The van der Waals surface area contributed by atoms with E-state index in [2.05, 4.69) is 45.0 Å². The molecule has 25 heavy (non-hydrogen) atoms. The van der Waals surface area contributed by atoms with Gasteiger partial charge in [0, 0.05) is 39.0 Å². The minimum absolute atomic E-state index is 0.155. The Kier molecular flexibility index (Phi) is 6.63. The van der Waals surface area contributed by atoms with Crippen molar-refractivity contribution in [3.8, 4) is 0 Å². The highest BCUT2D eigenvalue weighted by atomic mass is 16.2. The molecule has 4 nitrogen and oxygen atoms in total.